The van der Waals surface area contributed by atoms with Gasteiger partial charge in [0.05, 0.1) is 5.69 Å². The van der Waals surface area contributed by atoms with Gasteiger partial charge in [0, 0.05) is 23.5 Å². The monoisotopic (exact) mass is 235 g/mol. The molecule has 1 aliphatic rings. The van der Waals surface area contributed by atoms with Gasteiger partial charge in [-0.2, -0.15) is 0 Å². The highest BCUT2D eigenvalue weighted by molar-refractivity contribution is 7.15. The lowest BCUT2D eigenvalue weighted by molar-refractivity contribution is 0.335. The minimum absolute atomic E-state index is 0.211. The number of hydrogen-bond donors (Lipinski definition) is 1. The highest BCUT2D eigenvalue weighted by Crippen LogP contribution is 2.34. The van der Waals surface area contributed by atoms with Gasteiger partial charge >= 0.3 is 0 Å². The molecule has 0 amide bonds. The molecule has 0 bridgehead atoms. The molecule has 3 heterocycles. The second-order valence-electron chi connectivity index (χ2n) is 4.93. The summed E-state index contributed by atoms with van der Waals surface area (Å²) < 4.78 is 2.21. The van der Waals surface area contributed by atoms with E-state index in [1.54, 1.807) is 11.3 Å². The van der Waals surface area contributed by atoms with Crippen molar-refractivity contribution in [2.24, 2.45) is 0 Å². The van der Waals surface area contributed by atoms with Gasteiger partial charge in [0.25, 0.3) is 0 Å². The third kappa shape index (κ3) is 1.40. The van der Waals surface area contributed by atoms with Gasteiger partial charge in [-0.1, -0.05) is 6.92 Å². The van der Waals surface area contributed by atoms with Crippen molar-refractivity contribution in [3.63, 3.8) is 0 Å². The van der Waals surface area contributed by atoms with Crippen molar-refractivity contribution < 1.29 is 0 Å². The SMILES string of the molecule is Cc1nc(C2(C)CCCNC2)c2sccn12. The summed E-state index contributed by atoms with van der Waals surface area (Å²) in [5, 5.41) is 5.64. The van der Waals surface area contributed by atoms with Crippen LogP contribution < -0.4 is 5.32 Å². The maximum atomic E-state index is 4.78. The van der Waals surface area contributed by atoms with Gasteiger partial charge in [0.15, 0.2) is 0 Å². The number of thiazole rings is 1. The minimum Gasteiger partial charge on any atom is -0.316 e. The summed E-state index contributed by atoms with van der Waals surface area (Å²) in [5.41, 5.74) is 1.50. The van der Waals surface area contributed by atoms with Crippen LogP contribution in [0, 0.1) is 6.92 Å². The van der Waals surface area contributed by atoms with E-state index in [1.165, 1.54) is 23.4 Å². The number of imidazole rings is 1. The predicted molar refractivity (Wildman–Crippen MR) is 67.3 cm³/mol. The second-order valence-corrected chi connectivity index (χ2v) is 5.82. The molecule has 1 N–H and O–H groups in total. The van der Waals surface area contributed by atoms with Crippen molar-refractivity contribution in [3.05, 3.63) is 23.1 Å². The fourth-order valence-electron chi connectivity index (χ4n) is 2.62. The average Bonchev–Trinajstić information content (AvgIpc) is 2.84. The van der Waals surface area contributed by atoms with Crippen LogP contribution in [-0.4, -0.2) is 22.5 Å². The lowest BCUT2D eigenvalue weighted by Crippen LogP contribution is -2.41. The smallest absolute Gasteiger partial charge is 0.123 e. The topological polar surface area (TPSA) is 29.3 Å². The molecule has 1 fully saturated rings. The van der Waals surface area contributed by atoms with Gasteiger partial charge in [-0.05, 0) is 26.3 Å². The van der Waals surface area contributed by atoms with Crippen molar-refractivity contribution >= 4 is 16.2 Å². The third-order valence-corrected chi connectivity index (χ3v) is 4.47. The van der Waals surface area contributed by atoms with Crippen LogP contribution in [0.4, 0.5) is 0 Å². The highest BCUT2D eigenvalue weighted by atomic mass is 32.1. The molecule has 1 atom stereocenters. The molecule has 4 heteroatoms. The molecule has 0 saturated carbocycles. The molecule has 3 rings (SSSR count). The number of piperidine rings is 1. The van der Waals surface area contributed by atoms with E-state index in [2.05, 4.69) is 35.1 Å². The van der Waals surface area contributed by atoms with Crippen molar-refractivity contribution in [1.29, 1.82) is 0 Å². The molecular weight excluding hydrogens is 218 g/mol. The van der Waals surface area contributed by atoms with Gasteiger partial charge in [-0.3, -0.25) is 4.40 Å². The zero-order valence-corrected chi connectivity index (χ0v) is 10.6. The Bertz CT molecular complexity index is 505. The zero-order valence-electron chi connectivity index (χ0n) is 9.79. The molecule has 2 aromatic rings. The Hall–Kier alpha value is -0.870. The van der Waals surface area contributed by atoms with Crippen LogP contribution in [0.1, 0.15) is 31.3 Å². The summed E-state index contributed by atoms with van der Waals surface area (Å²) in [4.78, 5) is 6.10. The van der Waals surface area contributed by atoms with E-state index < -0.39 is 0 Å². The fraction of sp³-hybridized carbons (Fsp3) is 0.583. The van der Waals surface area contributed by atoms with Crippen LogP contribution in [0.15, 0.2) is 11.6 Å². The van der Waals surface area contributed by atoms with Gasteiger partial charge in [0.2, 0.25) is 0 Å². The first kappa shape index (κ1) is 10.3. The normalized spacial score (nSPS) is 26.4. The number of fused-ring (bicyclic) bond motifs is 1. The summed E-state index contributed by atoms with van der Waals surface area (Å²) in [6.07, 6.45) is 4.61. The second kappa shape index (κ2) is 3.57. The summed E-state index contributed by atoms with van der Waals surface area (Å²) >= 11 is 1.80. The van der Waals surface area contributed by atoms with Crippen LogP contribution in [0.2, 0.25) is 0 Å². The summed E-state index contributed by atoms with van der Waals surface area (Å²) in [7, 11) is 0. The molecule has 86 valence electrons. The van der Waals surface area contributed by atoms with Gasteiger partial charge in [-0.15, -0.1) is 11.3 Å². The Morgan fingerprint density at radius 2 is 2.44 bits per heavy atom. The molecule has 2 aromatic heterocycles. The van der Waals surface area contributed by atoms with Crippen LogP contribution in [0.5, 0.6) is 0 Å². The number of rotatable bonds is 1. The molecule has 1 saturated heterocycles. The lowest BCUT2D eigenvalue weighted by Gasteiger charge is -2.32. The van der Waals surface area contributed by atoms with Crippen molar-refractivity contribution in [2.75, 3.05) is 13.1 Å². The highest BCUT2D eigenvalue weighted by Gasteiger charge is 2.33. The Morgan fingerprint density at radius 1 is 1.56 bits per heavy atom. The van der Waals surface area contributed by atoms with E-state index in [0.29, 0.717) is 0 Å². The molecule has 0 aromatic carbocycles. The van der Waals surface area contributed by atoms with E-state index in [1.807, 2.05) is 0 Å². The Kier molecular flexibility index (Phi) is 2.30. The van der Waals surface area contributed by atoms with Crippen molar-refractivity contribution in [2.45, 2.75) is 32.1 Å². The minimum atomic E-state index is 0.211. The molecule has 0 radical (unpaired) electrons. The first-order valence-electron chi connectivity index (χ1n) is 5.84. The number of aryl methyl sites for hydroxylation is 1. The van der Waals surface area contributed by atoms with Crippen LogP contribution >= 0.6 is 11.3 Å². The molecular formula is C12H17N3S. The lowest BCUT2D eigenvalue weighted by atomic mass is 9.80. The van der Waals surface area contributed by atoms with E-state index in [4.69, 9.17) is 4.98 Å². The molecule has 1 unspecified atom stereocenters. The predicted octanol–water partition coefficient (Wildman–Crippen LogP) is 2.35. The maximum absolute atomic E-state index is 4.78. The molecule has 1 aliphatic heterocycles. The maximum Gasteiger partial charge on any atom is 0.123 e. The first-order chi connectivity index (χ1) is 7.71. The fourth-order valence-corrected chi connectivity index (χ4v) is 3.64. The number of nitrogens with one attached hydrogen (secondary N) is 1. The van der Waals surface area contributed by atoms with Gasteiger partial charge in [-0.25, -0.2) is 4.98 Å². The first-order valence-corrected chi connectivity index (χ1v) is 6.72. The number of nitrogens with zero attached hydrogens (tertiary/aromatic N) is 2. The van der Waals surface area contributed by atoms with Crippen molar-refractivity contribution in [1.82, 2.24) is 14.7 Å². The Labute approximate surface area is 99.5 Å². The number of hydrogen-bond acceptors (Lipinski definition) is 3. The molecule has 3 nitrogen and oxygen atoms in total. The molecule has 0 aliphatic carbocycles. The average molecular weight is 235 g/mol. The summed E-state index contributed by atoms with van der Waals surface area (Å²) in [6.45, 7) is 6.62. The Morgan fingerprint density at radius 3 is 3.19 bits per heavy atom. The largest absolute Gasteiger partial charge is 0.316 e. The third-order valence-electron chi connectivity index (χ3n) is 3.60. The molecule has 16 heavy (non-hydrogen) atoms. The molecule has 0 spiro atoms. The number of aromatic nitrogens is 2. The zero-order chi connectivity index (χ0) is 11.2. The van der Waals surface area contributed by atoms with Gasteiger partial charge < -0.3 is 5.32 Å². The van der Waals surface area contributed by atoms with E-state index in [-0.39, 0.29) is 5.41 Å². The quantitative estimate of drug-likeness (QED) is 0.822. The van der Waals surface area contributed by atoms with E-state index in [9.17, 15) is 0 Å². The van der Waals surface area contributed by atoms with Crippen LogP contribution in [0.25, 0.3) is 4.83 Å². The van der Waals surface area contributed by atoms with Gasteiger partial charge in [0.1, 0.15) is 10.7 Å². The van der Waals surface area contributed by atoms with Crippen molar-refractivity contribution in [3.8, 4) is 0 Å². The van der Waals surface area contributed by atoms with Crippen LogP contribution in [0.3, 0.4) is 0 Å². The standard InChI is InChI=1S/C12H17N3S/c1-9-14-10(11-15(9)6-7-16-11)12(2)4-3-5-13-8-12/h6-7,13H,3-5,8H2,1-2H3. The summed E-state index contributed by atoms with van der Waals surface area (Å²) in [5.74, 6) is 1.11. The van der Waals surface area contributed by atoms with Crippen LogP contribution in [-0.2, 0) is 5.41 Å². The van der Waals surface area contributed by atoms with E-state index >= 15 is 0 Å². The summed E-state index contributed by atoms with van der Waals surface area (Å²) in [6, 6.07) is 0. The van der Waals surface area contributed by atoms with E-state index in [0.717, 1.165) is 18.9 Å². The Balaban J connectivity index is 2.13.